The number of allylic oxidation sites excluding steroid dienone is 3. The number of hydrogen-bond acceptors (Lipinski definition) is 3. The molecule has 5 rings (SSSR count). The second kappa shape index (κ2) is 11.5. The first-order valence-electron chi connectivity index (χ1n) is 12.8. The van der Waals surface area contributed by atoms with E-state index in [2.05, 4.69) is 64.3 Å². The van der Waals surface area contributed by atoms with Crippen molar-refractivity contribution in [3.05, 3.63) is 142 Å². The first-order valence-corrected chi connectivity index (χ1v) is 12.8. The van der Waals surface area contributed by atoms with E-state index in [1.807, 2.05) is 54.6 Å². The minimum absolute atomic E-state index is 0.121. The van der Waals surface area contributed by atoms with Gasteiger partial charge in [0.15, 0.2) is 0 Å². The SMILES string of the molecule is [C-]#[N+]C(C#N)=C1C=C(C=Cc2ccc(N3CCC(c4ccccc4)CC3)cc2)OC(c2ccccc2)C1. The van der Waals surface area contributed by atoms with Gasteiger partial charge in [0, 0.05) is 25.2 Å². The van der Waals surface area contributed by atoms with Crippen LogP contribution in [0.25, 0.3) is 10.9 Å². The molecule has 0 spiro atoms. The number of nitriles is 1. The summed E-state index contributed by atoms with van der Waals surface area (Å²) in [6.07, 6.45) is 8.38. The zero-order chi connectivity index (χ0) is 25.5. The van der Waals surface area contributed by atoms with Gasteiger partial charge >= 0.3 is 0 Å². The Morgan fingerprint density at radius 3 is 2.16 bits per heavy atom. The Morgan fingerprint density at radius 1 is 0.892 bits per heavy atom. The second-order valence-corrected chi connectivity index (χ2v) is 9.46. The van der Waals surface area contributed by atoms with Gasteiger partial charge in [-0.25, -0.2) is 10.1 Å². The molecule has 3 aromatic rings. The van der Waals surface area contributed by atoms with Crippen molar-refractivity contribution in [2.75, 3.05) is 18.0 Å². The van der Waals surface area contributed by atoms with Crippen LogP contribution >= 0.6 is 0 Å². The molecular weight excluding hydrogens is 454 g/mol. The minimum Gasteiger partial charge on any atom is -0.485 e. The van der Waals surface area contributed by atoms with Gasteiger partial charge in [0.05, 0.1) is 12.6 Å². The summed E-state index contributed by atoms with van der Waals surface area (Å²) in [6, 6.07) is 31.4. The lowest BCUT2D eigenvalue weighted by Gasteiger charge is -2.34. The summed E-state index contributed by atoms with van der Waals surface area (Å²) < 4.78 is 6.25. The van der Waals surface area contributed by atoms with E-state index in [1.165, 1.54) is 24.1 Å². The quantitative estimate of drug-likeness (QED) is 0.274. The highest BCUT2D eigenvalue weighted by atomic mass is 16.5. The molecule has 1 saturated heterocycles. The Balaban J connectivity index is 1.27. The highest BCUT2D eigenvalue weighted by Gasteiger charge is 2.23. The fourth-order valence-corrected chi connectivity index (χ4v) is 5.12. The van der Waals surface area contributed by atoms with Crippen LogP contribution in [0.1, 0.15) is 48.0 Å². The van der Waals surface area contributed by atoms with E-state index in [1.54, 1.807) is 0 Å². The molecular formula is C33H29N3O. The summed E-state index contributed by atoms with van der Waals surface area (Å²) in [7, 11) is 0. The molecule has 0 radical (unpaired) electrons. The van der Waals surface area contributed by atoms with Gasteiger partial charge in [0.1, 0.15) is 11.9 Å². The predicted molar refractivity (Wildman–Crippen MR) is 148 cm³/mol. The molecule has 1 fully saturated rings. The molecule has 0 bridgehead atoms. The summed E-state index contributed by atoms with van der Waals surface area (Å²) >= 11 is 0. The normalized spacial score (nSPS) is 19.5. The van der Waals surface area contributed by atoms with Crippen molar-refractivity contribution < 1.29 is 4.74 Å². The summed E-state index contributed by atoms with van der Waals surface area (Å²) in [5.41, 5.74) is 5.64. The zero-order valence-corrected chi connectivity index (χ0v) is 20.8. The number of benzene rings is 3. The van der Waals surface area contributed by atoms with E-state index in [0.717, 1.165) is 24.2 Å². The van der Waals surface area contributed by atoms with Crippen LogP contribution in [0.5, 0.6) is 0 Å². The largest absolute Gasteiger partial charge is 0.485 e. The molecule has 4 nitrogen and oxygen atoms in total. The minimum atomic E-state index is -0.230. The third-order valence-electron chi connectivity index (χ3n) is 7.16. The van der Waals surface area contributed by atoms with E-state index in [9.17, 15) is 5.26 Å². The van der Waals surface area contributed by atoms with Crippen LogP contribution in [-0.4, -0.2) is 13.1 Å². The molecule has 0 aromatic heterocycles. The van der Waals surface area contributed by atoms with Gasteiger partial charge < -0.3 is 9.64 Å². The third-order valence-corrected chi connectivity index (χ3v) is 7.16. The van der Waals surface area contributed by atoms with Gasteiger partial charge in [-0.1, -0.05) is 78.9 Å². The van der Waals surface area contributed by atoms with E-state index < -0.39 is 0 Å². The highest BCUT2D eigenvalue weighted by molar-refractivity contribution is 5.58. The van der Waals surface area contributed by atoms with E-state index >= 15 is 0 Å². The van der Waals surface area contributed by atoms with Gasteiger partial charge in [-0.05, 0) is 65.3 Å². The third kappa shape index (κ3) is 5.83. The molecule has 0 amide bonds. The van der Waals surface area contributed by atoms with E-state index in [0.29, 0.717) is 23.7 Å². The van der Waals surface area contributed by atoms with Crippen LogP contribution in [0.4, 0.5) is 5.69 Å². The van der Waals surface area contributed by atoms with Crippen molar-refractivity contribution in [1.82, 2.24) is 0 Å². The monoisotopic (exact) mass is 483 g/mol. The number of nitrogens with zero attached hydrogens (tertiary/aromatic N) is 3. The van der Waals surface area contributed by atoms with Crippen LogP contribution < -0.4 is 4.90 Å². The van der Waals surface area contributed by atoms with Crippen LogP contribution in [0.15, 0.2) is 114 Å². The summed E-state index contributed by atoms with van der Waals surface area (Å²) in [4.78, 5) is 5.89. The lowest BCUT2D eigenvalue weighted by atomic mass is 9.89. The lowest BCUT2D eigenvalue weighted by Crippen LogP contribution is -2.32. The molecule has 0 aliphatic carbocycles. The summed E-state index contributed by atoms with van der Waals surface area (Å²) in [5, 5.41) is 9.42. The Hall–Kier alpha value is -4.54. The Bertz CT molecular complexity index is 1370. The van der Waals surface area contributed by atoms with Crippen molar-refractivity contribution in [2.24, 2.45) is 0 Å². The van der Waals surface area contributed by atoms with Crippen molar-refractivity contribution in [1.29, 1.82) is 5.26 Å². The first-order chi connectivity index (χ1) is 18.2. The van der Waals surface area contributed by atoms with Gasteiger partial charge in [-0.2, -0.15) is 0 Å². The topological polar surface area (TPSA) is 40.6 Å². The maximum atomic E-state index is 9.42. The number of rotatable bonds is 5. The van der Waals surface area contributed by atoms with Crippen molar-refractivity contribution in [2.45, 2.75) is 31.3 Å². The van der Waals surface area contributed by atoms with Gasteiger partial charge in [0.25, 0.3) is 5.70 Å². The number of anilines is 1. The molecule has 0 saturated carbocycles. The van der Waals surface area contributed by atoms with Crippen LogP contribution in [-0.2, 0) is 4.74 Å². The van der Waals surface area contributed by atoms with Crippen molar-refractivity contribution in [3.8, 4) is 6.07 Å². The number of piperidine rings is 1. The average Bonchev–Trinajstić information content (AvgIpc) is 2.98. The maximum Gasteiger partial charge on any atom is 0.265 e. The molecule has 2 aliphatic heterocycles. The molecule has 0 N–H and O–H groups in total. The molecule has 182 valence electrons. The summed E-state index contributed by atoms with van der Waals surface area (Å²) in [6.45, 7) is 9.51. The van der Waals surface area contributed by atoms with Crippen molar-refractivity contribution >= 4 is 11.8 Å². The molecule has 1 unspecified atom stereocenters. The molecule has 3 aromatic carbocycles. The fourth-order valence-electron chi connectivity index (χ4n) is 5.12. The Labute approximate surface area is 219 Å². The number of ether oxygens (including phenoxy) is 1. The molecule has 1 atom stereocenters. The Kier molecular flexibility index (Phi) is 7.49. The molecule has 4 heteroatoms. The van der Waals surface area contributed by atoms with E-state index in [4.69, 9.17) is 11.3 Å². The van der Waals surface area contributed by atoms with Gasteiger partial charge in [-0.3, -0.25) is 0 Å². The first kappa shape index (κ1) is 24.2. The van der Waals surface area contributed by atoms with Crippen molar-refractivity contribution in [3.63, 3.8) is 0 Å². The smallest absolute Gasteiger partial charge is 0.265 e. The second-order valence-electron chi connectivity index (χ2n) is 9.46. The maximum absolute atomic E-state index is 9.42. The molecule has 2 aliphatic rings. The van der Waals surface area contributed by atoms with Crippen LogP contribution in [0.3, 0.4) is 0 Å². The highest BCUT2D eigenvalue weighted by Crippen LogP contribution is 2.35. The van der Waals surface area contributed by atoms with Gasteiger partial charge in [0.2, 0.25) is 0 Å². The van der Waals surface area contributed by atoms with E-state index in [-0.39, 0.29) is 11.8 Å². The number of hydrogen-bond donors (Lipinski definition) is 0. The average molecular weight is 484 g/mol. The lowest BCUT2D eigenvalue weighted by molar-refractivity contribution is 0.118. The molecule has 2 heterocycles. The standard InChI is InChI=1S/C33H29N3O/c1-35-32(24-34)29-22-31(37-33(23-29)28-10-6-3-7-11-28)17-14-25-12-15-30(16-13-25)36-20-18-27(19-21-36)26-8-4-2-5-9-26/h2-17,22,27,33H,18-21,23H2. The predicted octanol–water partition coefficient (Wildman–Crippen LogP) is 7.83. The Morgan fingerprint density at radius 2 is 1.54 bits per heavy atom. The van der Waals surface area contributed by atoms with Crippen LogP contribution in [0, 0.1) is 17.9 Å². The summed E-state index contributed by atoms with van der Waals surface area (Å²) in [5.74, 6) is 1.30. The fraction of sp³-hybridized carbons (Fsp3) is 0.212. The van der Waals surface area contributed by atoms with Gasteiger partial charge in [-0.15, -0.1) is 0 Å². The van der Waals surface area contributed by atoms with Crippen LogP contribution in [0.2, 0.25) is 0 Å². The molecule has 37 heavy (non-hydrogen) atoms. The zero-order valence-electron chi connectivity index (χ0n) is 20.8.